The van der Waals surface area contributed by atoms with E-state index < -0.39 is 0 Å². The topological polar surface area (TPSA) is 54.9 Å². The summed E-state index contributed by atoms with van der Waals surface area (Å²) in [5, 5.41) is 13.4. The van der Waals surface area contributed by atoms with E-state index in [2.05, 4.69) is 15.5 Å². The lowest BCUT2D eigenvalue weighted by Crippen LogP contribution is -2.12. The molecule has 7 heteroatoms. The van der Waals surface area contributed by atoms with Crippen molar-refractivity contribution in [1.82, 2.24) is 10.2 Å². The van der Waals surface area contributed by atoms with Crippen molar-refractivity contribution >= 4 is 45.6 Å². The summed E-state index contributed by atoms with van der Waals surface area (Å²) in [6.07, 6.45) is 1.65. The average Bonchev–Trinajstić information content (AvgIpc) is 3.03. The van der Waals surface area contributed by atoms with Crippen LogP contribution in [-0.2, 0) is 17.6 Å². The maximum absolute atomic E-state index is 12.0. The number of nitrogens with one attached hydrogen (secondary N) is 1. The van der Waals surface area contributed by atoms with Gasteiger partial charge in [0.05, 0.1) is 0 Å². The normalized spacial score (nSPS) is 10.6. The number of hydrogen-bond donors (Lipinski definition) is 1. The summed E-state index contributed by atoms with van der Waals surface area (Å²) in [5.41, 5.74) is 2.05. The molecule has 3 aromatic rings. The first-order valence-corrected chi connectivity index (χ1v) is 9.27. The summed E-state index contributed by atoms with van der Waals surface area (Å²) in [6, 6.07) is 15.3. The quantitative estimate of drug-likeness (QED) is 0.642. The number of anilines is 1. The van der Waals surface area contributed by atoms with Crippen LogP contribution in [0.3, 0.4) is 0 Å². The van der Waals surface area contributed by atoms with E-state index in [4.69, 9.17) is 23.2 Å². The molecule has 1 N–H and O–H groups in total. The molecule has 1 aromatic heterocycles. The van der Waals surface area contributed by atoms with Crippen LogP contribution in [0.15, 0.2) is 48.5 Å². The molecule has 0 saturated carbocycles. The Labute approximate surface area is 159 Å². The molecule has 25 heavy (non-hydrogen) atoms. The van der Waals surface area contributed by atoms with Crippen LogP contribution in [0.1, 0.15) is 22.6 Å². The molecule has 0 radical (unpaired) electrons. The molecular weight excluding hydrogens is 377 g/mol. The van der Waals surface area contributed by atoms with Crippen molar-refractivity contribution in [3.63, 3.8) is 0 Å². The highest BCUT2D eigenvalue weighted by Crippen LogP contribution is 2.25. The van der Waals surface area contributed by atoms with Crippen LogP contribution in [0, 0.1) is 0 Å². The van der Waals surface area contributed by atoms with Crippen molar-refractivity contribution in [2.75, 3.05) is 5.32 Å². The highest BCUT2D eigenvalue weighted by molar-refractivity contribution is 7.15. The number of halogens is 2. The van der Waals surface area contributed by atoms with Crippen LogP contribution in [0.5, 0.6) is 0 Å². The Kier molecular flexibility index (Phi) is 6.02. The molecule has 2 aromatic carbocycles. The summed E-state index contributed by atoms with van der Waals surface area (Å²) in [5.74, 6) is -0.0731. The van der Waals surface area contributed by atoms with Gasteiger partial charge in [0.1, 0.15) is 5.01 Å². The highest BCUT2D eigenvalue weighted by atomic mass is 35.5. The second-order valence-electron chi connectivity index (χ2n) is 5.45. The van der Waals surface area contributed by atoms with Gasteiger partial charge in [0, 0.05) is 22.9 Å². The molecule has 0 spiro atoms. The molecule has 0 fully saturated rings. The third-order valence-corrected chi connectivity index (χ3v) is 4.98. The number of carbonyl (C=O) groups is 1. The summed E-state index contributed by atoms with van der Waals surface area (Å²) >= 11 is 13.4. The predicted octanol–water partition coefficient (Wildman–Crippen LogP) is 5.01. The zero-order chi connectivity index (χ0) is 17.6. The zero-order valence-corrected chi connectivity index (χ0v) is 15.5. The smallest absolute Gasteiger partial charge is 0.226 e. The summed E-state index contributed by atoms with van der Waals surface area (Å²) in [6.45, 7) is 0. The van der Waals surface area contributed by atoms with Crippen molar-refractivity contribution in [3.8, 4) is 0 Å². The van der Waals surface area contributed by atoms with E-state index in [1.165, 1.54) is 11.3 Å². The summed E-state index contributed by atoms with van der Waals surface area (Å²) in [7, 11) is 0. The Morgan fingerprint density at radius 2 is 1.88 bits per heavy atom. The van der Waals surface area contributed by atoms with Gasteiger partial charge in [-0.15, -0.1) is 10.2 Å². The standard InChI is InChI=1S/C18H15Cl2N3OS/c19-14-8-7-13(15(20)11-14)10-17-22-23-18(25-17)21-16(24)9-6-12-4-2-1-3-5-12/h1-5,7-8,11H,6,9-10H2,(H,21,23,24). The lowest BCUT2D eigenvalue weighted by Gasteiger charge is -2.02. The molecule has 4 nitrogen and oxygen atoms in total. The molecule has 3 rings (SSSR count). The molecule has 0 aliphatic heterocycles. The molecule has 0 unspecified atom stereocenters. The van der Waals surface area contributed by atoms with Crippen molar-refractivity contribution in [1.29, 1.82) is 0 Å². The summed E-state index contributed by atoms with van der Waals surface area (Å²) in [4.78, 5) is 12.0. The number of rotatable bonds is 6. The second-order valence-corrected chi connectivity index (χ2v) is 7.35. The number of carbonyl (C=O) groups excluding carboxylic acids is 1. The Morgan fingerprint density at radius 3 is 2.64 bits per heavy atom. The van der Waals surface area contributed by atoms with Crippen LogP contribution >= 0.6 is 34.5 Å². The van der Waals surface area contributed by atoms with E-state index in [1.54, 1.807) is 12.1 Å². The molecule has 128 valence electrons. The second kappa shape index (κ2) is 8.43. The third-order valence-electron chi connectivity index (χ3n) is 3.55. The molecule has 0 atom stereocenters. The lowest BCUT2D eigenvalue weighted by atomic mass is 10.1. The molecule has 0 saturated heterocycles. The Balaban J connectivity index is 1.55. The fraction of sp³-hybridized carbons (Fsp3) is 0.167. The van der Waals surface area contributed by atoms with Gasteiger partial charge in [0.15, 0.2) is 0 Å². The molecule has 0 aliphatic carbocycles. The SMILES string of the molecule is O=C(CCc1ccccc1)Nc1nnc(Cc2ccc(Cl)cc2Cl)s1. The van der Waals surface area contributed by atoms with E-state index in [0.717, 1.165) is 16.1 Å². The van der Waals surface area contributed by atoms with E-state index >= 15 is 0 Å². The number of hydrogen-bond acceptors (Lipinski definition) is 4. The van der Waals surface area contributed by atoms with Crippen LogP contribution in [-0.4, -0.2) is 16.1 Å². The van der Waals surface area contributed by atoms with Gasteiger partial charge in [-0.1, -0.05) is 70.9 Å². The number of benzene rings is 2. The number of amides is 1. The van der Waals surface area contributed by atoms with Gasteiger partial charge in [-0.05, 0) is 29.7 Å². The fourth-order valence-electron chi connectivity index (χ4n) is 2.29. The largest absolute Gasteiger partial charge is 0.301 e. The first-order valence-electron chi connectivity index (χ1n) is 7.70. The molecular formula is C18H15Cl2N3OS. The maximum atomic E-state index is 12.0. The van der Waals surface area contributed by atoms with E-state index in [0.29, 0.717) is 34.4 Å². The lowest BCUT2D eigenvalue weighted by molar-refractivity contribution is -0.116. The van der Waals surface area contributed by atoms with Gasteiger partial charge in [-0.3, -0.25) is 4.79 Å². The van der Waals surface area contributed by atoms with Gasteiger partial charge in [-0.2, -0.15) is 0 Å². The molecule has 1 amide bonds. The number of nitrogens with zero attached hydrogens (tertiary/aromatic N) is 2. The minimum atomic E-state index is -0.0731. The van der Waals surface area contributed by atoms with Crippen LogP contribution in [0.4, 0.5) is 5.13 Å². The molecule has 1 heterocycles. The Hall–Kier alpha value is -1.95. The first kappa shape index (κ1) is 17.9. The van der Waals surface area contributed by atoms with E-state index in [1.807, 2.05) is 36.4 Å². The van der Waals surface area contributed by atoms with Crippen molar-refractivity contribution in [3.05, 3.63) is 74.7 Å². The predicted molar refractivity (Wildman–Crippen MR) is 103 cm³/mol. The average molecular weight is 392 g/mol. The zero-order valence-electron chi connectivity index (χ0n) is 13.2. The van der Waals surface area contributed by atoms with Crippen molar-refractivity contribution in [2.24, 2.45) is 0 Å². The Morgan fingerprint density at radius 1 is 1.08 bits per heavy atom. The van der Waals surface area contributed by atoms with Gasteiger partial charge in [0.2, 0.25) is 11.0 Å². The Bertz CT molecular complexity index is 868. The van der Waals surface area contributed by atoms with Gasteiger partial charge < -0.3 is 5.32 Å². The number of aryl methyl sites for hydroxylation is 1. The summed E-state index contributed by atoms with van der Waals surface area (Å²) < 4.78 is 0. The van der Waals surface area contributed by atoms with Gasteiger partial charge in [0.25, 0.3) is 0 Å². The van der Waals surface area contributed by atoms with E-state index in [-0.39, 0.29) is 5.91 Å². The fourth-order valence-corrected chi connectivity index (χ4v) is 3.54. The van der Waals surface area contributed by atoms with Crippen LogP contribution < -0.4 is 5.32 Å². The van der Waals surface area contributed by atoms with Gasteiger partial charge in [-0.25, -0.2) is 0 Å². The monoisotopic (exact) mass is 391 g/mol. The van der Waals surface area contributed by atoms with Gasteiger partial charge >= 0.3 is 0 Å². The van der Waals surface area contributed by atoms with Crippen molar-refractivity contribution < 1.29 is 4.79 Å². The minimum Gasteiger partial charge on any atom is -0.301 e. The highest BCUT2D eigenvalue weighted by Gasteiger charge is 2.10. The first-order chi connectivity index (χ1) is 12.1. The maximum Gasteiger partial charge on any atom is 0.226 e. The van der Waals surface area contributed by atoms with E-state index in [9.17, 15) is 4.79 Å². The van der Waals surface area contributed by atoms with Crippen LogP contribution in [0.25, 0.3) is 0 Å². The minimum absolute atomic E-state index is 0.0731. The van der Waals surface area contributed by atoms with Crippen molar-refractivity contribution in [2.45, 2.75) is 19.3 Å². The molecule has 0 bridgehead atoms. The number of aromatic nitrogens is 2. The third kappa shape index (κ3) is 5.26. The van der Waals surface area contributed by atoms with Crippen LogP contribution in [0.2, 0.25) is 10.0 Å². The molecule has 0 aliphatic rings.